The van der Waals surface area contributed by atoms with E-state index in [-0.39, 0.29) is 11.5 Å². The Morgan fingerprint density at radius 2 is 2.12 bits per heavy atom. The summed E-state index contributed by atoms with van der Waals surface area (Å²) in [6.07, 6.45) is 0.939. The number of rotatable bonds is 5. The number of amides is 2. The first-order valence-corrected chi connectivity index (χ1v) is 10.5. The minimum absolute atomic E-state index is 0.207. The quantitative estimate of drug-likeness (QED) is 0.680. The number of hydrogen-bond donors (Lipinski definition) is 3. The number of anilines is 1. The number of aryl methyl sites for hydroxylation is 1. The van der Waals surface area contributed by atoms with E-state index in [0.29, 0.717) is 15.7 Å². The Bertz CT molecular complexity index is 896. The van der Waals surface area contributed by atoms with Gasteiger partial charge >= 0.3 is 11.2 Å². The van der Waals surface area contributed by atoms with Gasteiger partial charge in [0.2, 0.25) is 0 Å². The number of sulfone groups is 1. The molecule has 1 unspecified atom stereocenters. The minimum atomic E-state index is -3.65. The zero-order valence-corrected chi connectivity index (χ0v) is 15.5. The highest BCUT2D eigenvalue weighted by molar-refractivity contribution is 7.90. The number of halogens is 1. The SMILES string of the molecule is Cc1c[s+](-c2ccc(S(C)(=O)=O)c(F)c2)c(NC(=O)N[C@@H](C)CO)n1. The summed E-state index contributed by atoms with van der Waals surface area (Å²) < 4.78 is 37.2. The van der Waals surface area contributed by atoms with Crippen molar-refractivity contribution in [3.63, 3.8) is 0 Å². The second kappa shape index (κ2) is 7.46. The molecule has 2 atom stereocenters. The van der Waals surface area contributed by atoms with Crippen LogP contribution in [0.2, 0.25) is 0 Å². The topological polar surface area (TPSA) is 108 Å². The van der Waals surface area contributed by atoms with Crippen molar-refractivity contribution in [1.82, 2.24) is 10.3 Å². The van der Waals surface area contributed by atoms with Crippen LogP contribution in [0.25, 0.3) is 4.90 Å². The Labute approximate surface area is 147 Å². The van der Waals surface area contributed by atoms with Crippen LogP contribution in [-0.2, 0) is 9.84 Å². The van der Waals surface area contributed by atoms with Gasteiger partial charge in [0.25, 0.3) is 0 Å². The molecule has 3 N–H and O–H groups in total. The van der Waals surface area contributed by atoms with Gasteiger partial charge in [0.15, 0.2) is 20.1 Å². The molecule has 0 aliphatic heterocycles. The van der Waals surface area contributed by atoms with Crippen molar-refractivity contribution in [1.29, 1.82) is 0 Å². The third-order valence-electron chi connectivity index (χ3n) is 3.20. The van der Waals surface area contributed by atoms with Crippen molar-refractivity contribution in [3.8, 4) is 4.90 Å². The van der Waals surface area contributed by atoms with E-state index in [1.165, 1.54) is 12.1 Å². The van der Waals surface area contributed by atoms with Crippen molar-refractivity contribution >= 4 is 31.5 Å². The lowest BCUT2D eigenvalue weighted by atomic mass is 10.3. The van der Waals surface area contributed by atoms with E-state index in [1.807, 2.05) is 0 Å². The fourth-order valence-corrected chi connectivity index (χ4v) is 4.53. The van der Waals surface area contributed by atoms with Gasteiger partial charge in [-0.1, -0.05) is 0 Å². The molecule has 10 heteroatoms. The number of aromatic nitrogens is 1. The van der Waals surface area contributed by atoms with Crippen LogP contribution in [0.15, 0.2) is 28.5 Å². The molecule has 0 saturated heterocycles. The van der Waals surface area contributed by atoms with Crippen LogP contribution in [0.1, 0.15) is 12.6 Å². The van der Waals surface area contributed by atoms with Gasteiger partial charge in [0.1, 0.15) is 10.7 Å². The molecule has 0 fully saturated rings. The van der Waals surface area contributed by atoms with Gasteiger partial charge in [-0.25, -0.2) is 22.9 Å². The number of aliphatic hydroxyl groups is 1. The normalized spacial score (nSPS) is 13.4. The van der Waals surface area contributed by atoms with Crippen LogP contribution in [0.5, 0.6) is 0 Å². The lowest BCUT2D eigenvalue weighted by molar-refractivity contribution is 0.229. The van der Waals surface area contributed by atoms with Crippen molar-refractivity contribution in [2.24, 2.45) is 0 Å². The maximum atomic E-state index is 14.1. The van der Waals surface area contributed by atoms with Crippen LogP contribution >= 0.6 is 10.5 Å². The molecule has 25 heavy (non-hydrogen) atoms. The predicted molar refractivity (Wildman–Crippen MR) is 94.6 cm³/mol. The number of urea groups is 1. The van der Waals surface area contributed by atoms with Crippen molar-refractivity contribution in [2.45, 2.75) is 24.8 Å². The standard InChI is InChI=1S/C15H18FN3O4S2/c1-9(7-20)17-14(21)19-15-18-10(2)8-24(15)11-4-5-13(12(16)6-11)25(3,22)23/h4-6,8-9,20H,7H2,1-3H3,(H-,17,18,19,21)/p+1/t9-,24?/m0/s1. The first-order valence-electron chi connectivity index (χ1n) is 7.30. The molecule has 0 bridgehead atoms. The molecule has 0 spiro atoms. The number of hydrogen-bond acceptors (Lipinski definition) is 5. The highest BCUT2D eigenvalue weighted by Gasteiger charge is 2.25. The average Bonchev–Trinajstić information content (AvgIpc) is 2.85. The molecule has 0 radical (unpaired) electrons. The summed E-state index contributed by atoms with van der Waals surface area (Å²) in [4.78, 5) is 16.3. The molecule has 1 heterocycles. The van der Waals surface area contributed by atoms with Crippen LogP contribution in [-0.4, -0.2) is 43.4 Å². The third-order valence-corrected chi connectivity index (χ3v) is 6.28. The molecule has 7 nitrogen and oxygen atoms in total. The second-order valence-electron chi connectivity index (χ2n) is 5.56. The molecule has 0 aliphatic rings. The lowest BCUT2D eigenvalue weighted by Crippen LogP contribution is -2.38. The Kier molecular flexibility index (Phi) is 5.76. The van der Waals surface area contributed by atoms with E-state index in [1.54, 1.807) is 19.2 Å². The van der Waals surface area contributed by atoms with Crippen molar-refractivity contribution in [2.75, 3.05) is 18.2 Å². The van der Waals surface area contributed by atoms with Gasteiger partial charge in [0, 0.05) is 12.3 Å². The Morgan fingerprint density at radius 3 is 2.68 bits per heavy atom. The van der Waals surface area contributed by atoms with E-state index < -0.39 is 38.2 Å². The molecule has 136 valence electrons. The van der Waals surface area contributed by atoms with Crippen LogP contribution < -0.4 is 10.6 Å². The van der Waals surface area contributed by atoms with Crippen LogP contribution in [0.3, 0.4) is 0 Å². The highest BCUT2D eigenvalue weighted by Crippen LogP contribution is 2.39. The summed E-state index contributed by atoms with van der Waals surface area (Å²) in [5.41, 5.74) is 0.654. The molecule has 1 aromatic heterocycles. The number of nitrogens with zero attached hydrogens (tertiary/aromatic N) is 1. The molecule has 2 aromatic rings. The average molecular weight is 388 g/mol. The molecule has 0 saturated carbocycles. The maximum Gasteiger partial charge on any atom is 0.353 e. The van der Waals surface area contributed by atoms with Gasteiger partial charge < -0.3 is 10.4 Å². The Morgan fingerprint density at radius 1 is 1.44 bits per heavy atom. The van der Waals surface area contributed by atoms with Gasteiger partial charge in [-0.3, -0.25) is 0 Å². The molecule has 2 rings (SSSR count). The maximum absolute atomic E-state index is 14.1. The van der Waals surface area contributed by atoms with Gasteiger partial charge in [0.05, 0.1) is 28.8 Å². The van der Waals surface area contributed by atoms with Gasteiger partial charge in [-0.15, -0.1) is 0 Å². The molecule has 1 aromatic carbocycles. The first-order chi connectivity index (χ1) is 11.6. The summed E-state index contributed by atoms with van der Waals surface area (Å²) >= 11 is 0. The first kappa shape index (κ1) is 19.3. The minimum Gasteiger partial charge on any atom is -0.394 e. The van der Waals surface area contributed by atoms with Crippen molar-refractivity contribution < 1.29 is 22.7 Å². The number of aliphatic hydroxyl groups excluding tert-OH is 1. The highest BCUT2D eigenvalue weighted by atomic mass is 32.2. The van der Waals surface area contributed by atoms with Crippen molar-refractivity contribution in [3.05, 3.63) is 35.1 Å². The number of thiazole rings is 1. The van der Waals surface area contributed by atoms with Gasteiger partial charge in [-0.05, 0) is 26.0 Å². The molecule has 2 amide bonds. The van der Waals surface area contributed by atoms with E-state index in [4.69, 9.17) is 5.11 Å². The fourth-order valence-electron chi connectivity index (χ4n) is 2.05. The monoisotopic (exact) mass is 388 g/mol. The lowest BCUT2D eigenvalue weighted by Gasteiger charge is -2.09. The largest absolute Gasteiger partial charge is 0.394 e. The zero-order valence-electron chi connectivity index (χ0n) is 13.9. The Hall–Kier alpha value is -2.04. The third kappa shape index (κ3) is 4.74. The van der Waals surface area contributed by atoms with Crippen LogP contribution in [0, 0.1) is 12.7 Å². The summed E-state index contributed by atoms with van der Waals surface area (Å²) in [6, 6.07) is 2.89. The number of carbonyl (C=O) groups excluding carboxylic acids is 1. The second-order valence-corrected chi connectivity index (χ2v) is 9.31. The summed E-state index contributed by atoms with van der Waals surface area (Å²) in [5, 5.41) is 16.2. The predicted octanol–water partition coefficient (Wildman–Crippen LogP) is 2.17. The Balaban J connectivity index is 2.35. The summed E-state index contributed by atoms with van der Waals surface area (Å²) in [6.45, 7) is 3.17. The van der Waals surface area contributed by atoms with E-state index in [9.17, 15) is 17.6 Å². The van der Waals surface area contributed by atoms with Gasteiger partial charge in [-0.2, -0.15) is 4.98 Å². The van der Waals surface area contributed by atoms with Crippen LogP contribution in [0.4, 0.5) is 14.3 Å². The van der Waals surface area contributed by atoms with E-state index in [0.717, 1.165) is 12.3 Å². The number of nitrogens with one attached hydrogen (secondary N) is 2. The molecular weight excluding hydrogens is 369 g/mol. The number of carbonyl (C=O) groups is 1. The summed E-state index contributed by atoms with van der Waals surface area (Å²) in [7, 11) is -4.48. The molecular formula is C15H19FN3O4S2+. The smallest absolute Gasteiger partial charge is 0.353 e. The number of benzene rings is 1. The molecule has 0 aliphatic carbocycles. The zero-order chi connectivity index (χ0) is 18.8. The fraction of sp³-hybridized carbons (Fsp3) is 0.333. The van der Waals surface area contributed by atoms with E-state index >= 15 is 0 Å². The summed E-state index contributed by atoms with van der Waals surface area (Å²) in [5.74, 6) is -0.844. The van der Waals surface area contributed by atoms with E-state index in [2.05, 4.69) is 15.6 Å².